The second kappa shape index (κ2) is 4.96. The number of nitrogens with zero attached hydrogens (tertiary/aromatic N) is 2. The molecule has 1 saturated carbocycles. The molecule has 1 aromatic heterocycles. The van der Waals surface area contributed by atoms with Gasteiger partial charge in [0.25, 0.3) is 0 Å². The molecule has 0 spiro atoms. The molecule has 102 valence electrons. The number of aliphatic hydroxyl groups excluding tert-OH is 1. The lowest BCUT2D eigenvalue weighted by molar-refractivity contribution is -0.0552. The van der Waals surface area contributed by atoms with E-state index >= 15 is 0 Å². The molecular weight excluding hydrogens is 238 g/mol. The number of aliphatic hydroxyl groups is 1. The highest BCUT2D eigenvalue weighted by Crippen LogP contribution is 2.37. The molecule has 1 aliphatic rings. The summed E-state index contributed by atoms with van der Waals surface area (Å²) in [6.07, 6.45) is 1.40. The van der Waals surface area contributed by atoms with Crippen molar-refractivity contribution in [1.82, 2.24) is 9.78 Å². The van der Waals surface area contributed by atoms with Crippen molar-refractivity contribution < 1.29 is 13.9 Å². The topological polar surface area (TPSA) is 38.0 Å². The lowest BCUT2D eigenvalue weighted by Gasteiger charge is -2.29. The Hall–Kier alpha value is -0.970. The number of halogens is 2. The van der Waals surface area contributed by atoms with E-state index in [1.165, 1.54) is 0 Å². The fourth-order valence-corrected chi connectivity index (χ4v) is 2.82. The molecule has 0 aliphatic heterocycles. The average Bonchev–Trinajstić information content (AvgIpc) is 2.52. The van der Waals surface area contributed by atoms with Crippen LogP contribution in [0.2, 0.25) is 0 Å². The Morgan fingerprint density at radius 3 is 2.72 bits per heavy atom. The predicted molar refractivity (Wildman–Crippen MR) is 64.5 cm³/mol. The summed E-state index contributed by atoms with van der Waals surface area (Å²) in [5.41, 5.74) is 2.50. The van der Waals surface area contributed by atoms with Crippen LogP contribution in [0, 0.1) is 19.8 Å². The molecule has 0 radical (unpaired) electrons. The number of hydrogen-bond donors (Lipinski definition) is 1. The lowest BCUT2D eigenvalue weighted by atomic mass is 9.86. The van der Waals surface area contributed by atoms with Crippen molar-refractivity contribution in [3.05, 3.63) is 17.0 Å². The normalized spacial score (nSPS) is 23.3. The van der Waals surface area contributed by atoms with Crippen LogP contribution < -0.4 is 0 Å². The maximum absolute atomic E-state index is 13.3. The molecular formula is C13H20F2N2O. The number of hydrogen-bond acceptors (Lipinski definition) is 2. The first-order chi connectivity index (χ1) is 8.43. The molecule has 0 saturated heterocycles. The highest BCUT2D eigenvalue weighted by atomic mass is 19.3. The van der Waals surface area contributed by atoms with E-state index in [1.54, 1.807) is 4.68 Å². The summed E-state index contributed by atoms with van der Waals surface area (Å²) in [5, 5.41) is 13.6. The molecule has 1 unspecified atom stereocenters. The van der Waals surface area contributed by atoms with Crippen LogP contribution in [0.5, 0.6) is 0 Å². The first-order valence-corrected chi connectivity index (χ1v) is 6.44. The fourth-order valence-electron chi connectivity index (χ4n) is 2.82. The van der Waals surface area contributed by atoms with Gasteiger partial charge in [0.1, 0.15) is 0 Å². The molecule has 1 fully saturated rings. The van der Waals surface area contributed by atoms with Gasteiger partial charge in [-0.3, -0.25) is 4.68 Å². The Balaban J connectivity index is 2.10. The summed E-state index contributed by atoms with van der Waals surface area (Å²) in [6.45, 7) is 4.21. The van der Waals surface area contributed by atoms with Crippen LogP contribution in [0.25, 0.3) is 0 Å². The third-order valence-electron chi connectivity index (χ3n) is 3.86. The van der Waals surface area contributed by atoms with E-state index in [9.17, 15) is 13.9 Å². The van der Waals surface area contributed by atoms with E-state index < -0.39 is 5.92 Å². The molecule has 0 bridgehead atoms. The van der Waals surface area contributed by atoms with Crippen molar-refractivity contribution in [2.24, 2.45) is 5.92 Å². The maximum atomic E-state index is 13.3. The monoisotopic (exact) mass is 258 g/mol. The Kier molecular flexibility index (Phi) is 3.71. The standard InChI is InChI=1S/C13H20F2N2O/c1-9-12(8-18)10(2)17(16-9)7-11-4-3-5-13(14,15)6-11/h11,18H,3-8H2,1-2H3. The van der Waals surface area contributed by atoms with Gasteiger partial charge in [-0.25, -0.2) is 8.78 Å². The number of alkyl halides is 2. The van der Waals surface area contributed by atoms with Gasteiger partial charge in [0.2, 0.25) is 5.92 Å². The molecule has 0 amide bonds. The van der Waals surface area contributed by atoms with Gasteiger partial charge in [-0.15, -0.1) is 0 Å². The minimum absolute atomic E-state index is 0.0155. The van der Waals surface area contributed by atoms with Crippen molar-refractivity contribution in [3.63, 3.8) is 0 Å². The summed E-state index contributed by atoms with van der Waals surface area (Å²) < 4.78 is 28.4. The van der Waals surface area contributed by atoms with E-state index in [-0.39, 0.29) is 25.4 Å². The van der Waals surface area contributed by atoms with Crippen molar-refractivity contribution in [3.8, 4) is 0 Å². The van der Waals surface area contributed by atoms with E-state index in [0.29, 0.717) is 13.0 Å². The highest BCUT2D eigenvalue weighted by molar-refractivity contribution is 5.23. The maximum Gasteiger partial charge on any atom is 0.248 e. The molecule has 0 aromatic carbocycles. The summed E-state index contributed by atoms with van der Waals surface area (Å²) in [5.74, 6) is -2.53. The van der Waals surface area contributed by atoms with Gasteiger partial charge in [0.15, 0.2) is 0 Å². The second-order valence-corrected chi connectivity index (χ2v) is 5.31. The largest absolute Gasteiger partial charge is 0.392 e. The molecule has 1 aliphatic carbocycles. The van der Waals surface area contributed by atoms with Crippen LogP contribution in [0.15, 0.2) is 0 Å². The summed E-state index contributed by atoms with van der Waals surface area (Å²) in [6, 6.07) is 0. The van der Waals surface area contributed by atoms with Gasteiger partial charge in [0.05, 0.1) is 12.3 Å². The number of rotatable bonds is 3. The molecule has 1 N–H and O–H groups in total. The van der Waals surface area contributed by atoms with Gasteiger partial charge in [-0.1, -0.05) is 0 Å². The van der Waals surface area contributed by atoms with E-state index in [4.69, 9.17) is 0 Å². The minimum Gasteiger partial charge on any atom is -0.392 e. The van der Waals surface area contributed by atoms with Crippen LogP contribution in [-0.2, 0) is 13.2 Å². The smallest absolute Gasteiger partial charge is 0.248 e. The molecule has 1 atom stereocenters. The van der Waals surface area contributed by atoms with Crippen molar-refractivity contribution in [1.29, 1.82) is 0 Å². The third kappa shape index (κ3) is 2.71. The molecule has 2 rings (SSSR count). The van der Waals surface area contributed by atoms with Crippen LogP contribution in [0.4, 0.5) is 8.78 Å². The predicted octanol–water partition coefficient (Wildman–Crippen LogP) is 2.82. The Labute approximate surface area is 106 Å². The zero-order chi connectivity index (χ0) is 13.3. The third-order valence-corrected chi connectivity index (χ3v) is 3.86. The lowest BCUT2D eigenvalue weighted by Crippen LogP contribution is -2.29. The van der Waals surface area contributed by atoms with Crippen molar-refractivity contribution >= 4 is 0 Å². The van der Waals surface area contributed by atoms with Crippen molar-refractivity contribution in [2.45, 2.75) is 58.6 Å². The van der Waals surface area contributed by atoms with Crippen LogP contribution in [0.3, 0.4) is 0 Å². The SMILES string of the molecule is Cc1nn(CC2CCCC(F)(F)C2)c(C)c1CO. The molecule has 5 heteroatoms. The van der Waals surface area contributed by atoms with E-state index in [0.717, 1.165) is 23.4 Å². The zero-order valence-corrected chi connectivity index (χ0v) is 10.9. The quantitative estimate of drug-likeness (QED) is 0.905. The van der Waals surface area contributed by atoms with Gasteiger partial charge in [0, 0.05) is 30.6 Å². The van der Waals surface area contributed by atoms with Crippen LogP contribution >= 0.6 is 0 Å². The van der Waals surface area contributed by atoms with E-state index in [2.05, 4.69) is 5.10 Å². The Morgan fingerprint density at radius 1 is 1.44 bits per heavy atom. The number of aromatic nitrogens is 2. The Morgan fingerprint density at radius 2 is 2.17 bits per heavy atom. The Bertz CT molecular complexity index is 429. The molecule has 1 aromatic rings. The second-order valence-electron chi connectivity index (χ2n) is 5.31. The number of aryl methyl sites for hydroxylation is 1. The van der Waals surface area contributed by atoms with E-state index in [1.807, 2.05) is 13.8 Å². The molecule has 1 heterocycles. The van der Waals surface area contributed by atoms with Gasteiger partial charge in [-0.2, -0.15) is 5.10 Å². The van der Waals surface area contributed by atoms with Gasteiger partial charge in [-0.05, 0) is 32.6 Å². The first kappa shape index (κ1) is 13.5. The molecule has 18 heavy (non-hydrogen) atoms. The van der Waals surface area contributed by atoms with Crippen LogP contribution in [-0.4, -0.2) is 20.8 Å². The highest BCUT2D eigenvalue weighted by Gasteiger charge is 2.36. The minimum atomic E-state index is -2.52. The van der Waals surface area contributed by atoms with Gasteiger partial charge >= 0.3 is 0 Å². The fraction of sp³-hybridized carbons (Fsp3) is 0.769. The summed E-state index contributed by atoms with van der Waals surface area (Å²) in [4.78, 5) is 0. The first-order valence-electron chi connectivity index (χ1n) is 6.44. The van der Waals surface area contributed by atoms with Gasteiger partial charge < -0.3 is 5.11 Å². The average molecular weight is 258 g/mol. The summed E-state index contributed by atoms with van der Waals surface area (Å²) in [7, 11) is 0. The van der Waals surface area contributed by atoms with Crippen LogP contribution in [0.1, 0.15) is 42.6 Å². The zero-order valence-electron chi connectivity index (χ0n) is 10.9. The summed E-state index contributed by atoms with van der Waals surface area (Å²) >= 11 is 0. The molecule has 3 nitrogen and oxygen atoms in total. The van der Waals surface area contributed by atoms with Crippen molar-refractivity contribution in [2.75, 3.05) is 0 Å².